The van der Waals surface area contributed by atoms with Crippen molar-refractivity contribution in [1.82, 2.24) is 4.90 Å². The Kier molecular flexibility index (Phi) is 5.81. The largest absolute Gasteiger partial charge is 0.493 e. The standard InChI is InChI=1S/C17H20N2O4S/c1-19(2)17(21)12-9-14(22-3)15(23-4)10-13(12)18-16(20)8-11-6-5-7-24-11/h5-7,9-10H,8H2,1-4H3,(H,18,20). The van der Waals surface area contributed by atoms with Gasteiger partial charge in [-0.25, -0.2) is 0 Å². The molecule has 1 heterocycles. The number of ether oxygens (including phenoxy) is 2. The molecule has 24 heavy (non-hydrogen) atoms. The first-order valence-electron chi connectivity index (χ1n) is 7.26. The number of carbonyl (C=O) groups is 2. The van der Waals surface area contributed by atoms with E-state index in [4.69, 9.17) is 9.47 Å². The Morgan fingerprint density at radius 1 is 1.17 bits per heavy atom. The number of methoxy groups -OCH3 is 2. The molecule has 0 aliphatic rings. The van der Waals surface area contributed by atoms with E-state index in [2.05, 4.69) is 5.32 Å². The topological polar surface area (TPSA) is 67.9 Å². The number of thiophene rings is 1. The van der Waals surface area contributed by atoms with Crippen molar-refractivity contribution in [2.45, 2.75) is 6.42 Å². The fourth-order valence-electron chi connectivity index (χ4n) is 2.17. The molecule has 1 aromatic carbocycles. The summed E-state index contributed by atoms with van der Waals surface area (Å²) in [6.07, 6.45) is 0.252. The number of nitrogens with one attached hydrogen (secondary N) is 1. The minimum atomic E-state index is -0.234. The van der Waals surface area contributed by atoms with E-state index in [9.17, 15) is 9.59 Å². The van der Waals surface area contributed by atoms with Crippen LogP contribution in [0.4, 0.5) is 5.69 Å². The summed E-state index contributed by atoms with van der Waals surface area (Å²) < 4.78 is 10.5. The quantitative estimate of drug-likeness (QED) is 0.871. The maximum absolute atomic E-state index is 12.4. The molecule has 7 heteroatoms. The van der Waals surface area contributed by atoms with Crippen molar-refractivity contribution in [2.24, 2.45) is 0 Å². The zero-order valence-corrected chi connectivity index (χ0v) is 14.9. The number of amides is 2. The van der Waals surface area contributed by atoms with Crippen molar-refractivity contribution in [3.63, 3.8) is 0 Å². The molecule has 0 unspecified atom stereocenters. The number of rotatable bonds is 6. The third-order valence-electron chi connectivity index (χ3n) is 3.35. The highest BCUT2D eigenvalue weighted by molar-refractivity contribution is 7.10. The Balaban J connectivity index is 2.34. The first-order valence-corrected chi connectivity index (χ1v) is 8.14. The molecule has 0 radical (unpaired) electrons. The highest BCUT2D eigenvalue weighted by atomic mass is 32.1. The lowest BCUT2D eigenvalue weighted by Crippen LogP contribution is -2.24. The van der Waals surface area contributed by atoms with E-state index >= 15 is 0 Å². The van der Waals surface area contributed by atoms with E-state index in [0.29, 0.717) is 22.7 Å². The molecule has 0 aliphatic heterocycles. The number of carbonyl (C=O) groups excluding carboxylic acids is 2. The number of hydrogen-bond acceptors (Lipinski definition) is 5. The number of anilines is 1. The van der Waals surface area contributed by atoms with Gasteiger partial charge in [-0.15, -0.1) is 11.3 Å². The van der Waals surface area contributed by atoms with Crippen LogP contribution in [-0.4, -0.2) is 45.0 Å². The summed E-state index contributed by atoms with van der Waals surface area (Å²) in [6.45, 7) is 0. The fourth-order valence-corrected chi connectivity index (χ4v) is 2.87. The van der Waals surface area contributed by atoms with Gasteiger partial charge in [0.2, 0.25) is 5.91 Å². The van der Waals surface area contributed by atoms with E-state index in [1.54, 1.807) is 26.2 Å². The molecule has 0 atom stereocenters. The molecule has 0 aliphatic carbocycles. The molecule has 0 saturated carbocycles. The van der Waals surface area contributed by atoms with Gasteiger partial charge in [-0.2, -0.15) is 0 Å². The smallest absolute Gasteiger partial charge is 0.255 e. The lowest BCUT2D eigenvalue weighted by atomic mass is 10.1. The summed E-state index contributed by atoms with van der Waals surface area (Å²) in [5.41, 5.74) is 0.741. The molecule has 2 amide bonds. The van der Waals surface area contributed by atoms with E-state index in [1.807, 2.05) is 17.5 Å². The first-order chi connectivity index (χ1) is 11.5. The SMILES string of the molecule is COc1cc(NC(=O)Cc2cccs2)c(C(=O)N(C)C)cc1OC. The predicted octanol–water partition coefficient (Wildman–Crippen LogP) is 2.65. The van der Waals surface area contributed by atoms with Gasteiger partial charge in [-0.1, -0.05) is 6.07 Å². The normalized spacial score (nSPS) is 10.2. The molecule has 2 aromatic rings. The second-order valence-corrected chi connectivity index (χ2v) is 6.29. The van der Waals surface area contributed by atoms with E-state index in [-0.39, 0.29) is 18.2 Å². The van der Waals surface area contributed by atoms with E-state index in [1.165, 1.54) is 30.5 Å². The van der Waals surface area contributed by atoms with Crippen LogP contribution in [0.5, 0.6) is 11.5 Å². The Morgan fingerprint density at radius 3 is 2.38 bits per heavy atom. The Bertz CT molecular complexity index is 726. The zero-order chi connectivity index (χ0) is 17.7. The van der Waals surface area contributed by atoms with Gasteiger partial charge in [0.25, 0.3) is 5.91 Å². The van der Waals surface area contributed by atoms with Gasteiger partial charge in [-0.3, -0.25) is 9.59 Å². The van der Waals surface area contributed by atoms with Crippen LogP contribution in [-0.2, 0) is 11.2 Å². The summed E-state index contributed by atoms with van der Waals surface area (Å²) in [7, 11) is 6.30. The maximum Gasteiger partial charge on any atom is 0.255 e. The second kappa shape index (κ2) is 7.83. The molecule has 2 rings (SSSR count). The van der Waals surface area contributed by atoms with Crippen molar-refractivity contribution in [2.75, 3.05) is 33.6 Å². The van der Waals surface area contributed by atoms with Crippen molar-refractivity contribution in [3.05, 3.63) is 40.1 Å². The Hall–Kier alpha value is -2.54. The van der Waals surface area contributed by atoms with Gasteiger partial charge in [0.1, 0.15) is 0 Å². The molecule has 1 aromatic heterocycles. The molecule has 0 bridgehead atoms. The van der Waals surface area contributed by atoms with Gasteiger partial charge >= 0.3 is 0 Å². The summed E-state index contributed by atoms with van der Waals surface area (Å²) >= 11 is 1.51. The van der Waals surface area contributed by atoms with Gasteiger partial charge in [-0.05, 0) is 17.5 Å². The minimum Gasteiger partial charge on any atom is -0.493 e. The van der Waals surface area contributed by atoms with Crippen LogP contribution in [0.3, 0.4) is 0 Å². The molecule has 0 spiro atoms. The van der Waals surface area contributed by atoms with Crippen LogP contribution in [0, 0.1) is 0 Å². The Morgan fingerprint density at radius 2 is 1.83 bits per heavy atom. The van der Waals surface area contributed by atoms with Crippen LogP contribution in [0.25, 0.3) is 0 Å². The van der Waals surface area contributed by atoms with Crippen molar-refractivity contribution >= 4 is 28.8 Å². The van der Waals surface area contributed by atoms with Gasteiger partial charge in [0, 0.05) is 25.0 Å². The average Bonchev–Trinajstić information content (AvgIpc) is 3.06. The first kappa shape index (κ1) is 17.8. The van der Waals surface area contributed by atoms with E-state index < -0.39 is 0 Å². The van der Waals surface area contributed by atoms with Gasteiger partial charge in [0.05, 0.1) is 31.9 Å². The number of nitrogens with zero attached hydrogens (tertiary/aromatic N) is 1. The van der Waals surface area contributed by atoms with E-state index in [0.717, 1.165) is 4.88 Å². The van der Waals surface area contributed by atoms with Gasteiger partial charge in [0.15, 0.2) is 11.5 Å². The van der Waals surface area contributed by atoms with Crippen molar-refractivity contribution < 1.29 is 19.1 Å². The molecular formula is C17H20N2O4S. The summed E-state index contributed by atoms with van der Waals surface area (Å²) in [6, 6.07) is 6.96. The molecule has 1 N–H and O–H groups in total. The molecule has 0 fully saturated rings. The van der Waals surface area contributed by atoms with Crippen LogP contribution >= 0.6 is 11.3 Å². The molecule has 6 nitrogen and oxygen atoms in total. The van der Waals surface area contributed by atoms with Crippen LogP contribution in [0.2, 0.25) is 0 Å². The number of benzene rings is 1. The zero-order valence-electron chi connectivity index (χ0n) is 14.1. The van der Waals surface area contributed by atoms with Gasteiger partial charge < -0.3 is 19.7 Å². The average molecular weight is 348 g/mol. The summed E-state index contributed by atoms with van der Waals surface area (Å²) in [5.74, 6) is 0.443. The predicted molar refractivity (Wildman–Crippen MR) is 94.2 cm³/mol. The fraction of sp³-hybridized carbons (Fsp3) is 0.294. The monoisotopic (exact) mass is 348 g/mol. The highest BCUT2D eigenvalue weighted by Crippen LogP contribution is 2.34. The molecular weight excluding hydrogens is 328 g/mol. The molecule has 128 valence electrons. The second-order valence-electron chi connectivity index (χ2n) is 5.26. The third-order valence-corrected chi connectivity index (χ3v) is 4.23. The highest BCUT2D eigenvalue weighted by Gasteiger charge is 2.20. The maximum atomic E-state index is 12.4. The van der Waals surface area contributed by atoms with Crippen LogP contribution < -0.4 is 14.8 Å². The molecule has 0 saturated heterocycles. The van der Waals surface area contributed by atoms with Crippen LogP contribution in [0.15, 0.2) is 29.6 Å². The minimum absolute atomic E-state index is 0.197. The Labute approximate surface area is 145 Å². The lowest BCUT2D eigenvalue weighted by molar-refractivity contribution is -0.115. The lowest BCUT2D eigenvalue weighted by Gasteiger charge is -2.17. The summed E-state index contributed by atoms with van der Waals surface area (Å²) in [4.78, 5) is 27.1. The van der Waals surface area contributed by atoms with Crippen LogP contribution in [0.1, 0.15) is 15.2 Å². The third kappa shape index (κ3) is 4.05. The van der Waals surface area contributed by atoms with Crippen molar-refractivity contribution in [1.29, 1.82) is 0 Å². The number of hydrogen-bond donors (Lipinski definition) is 1. The van der Waals surface area contributed by atoms with Crippen molar-refractivity contribution in [3.8, 4) is 11.5 Å². The summed E-state index contributed by atoms with van der Waals surface area (Å²) in [5, 5.41) is 4.71.